The number of amides is 1. The quantitative estimate of drug-likeness (QED) is 0.843. The number of rotatable bonds is 4. The predicted octanol–water partition coefficient (Wildman–Crippen LogP) is 3.55. The lowest BCUT2D eigenvalue weighted by Crippen LogP contribution is -2.21. The zero-order valence-corrected chi connectivity index (χ0v) is 10.8. The Bertz CT molecular complexity index is 407. The van der Waals surface area contributed by atoms with E-state index in [0.717, 1.165) is 24.9 Å². The van der Waals surface area contributed by atoms with E-state index in [-0.39, 0.29) is 11.8 Å². The highest BCUT2D eigenvalue weighted by molar-refractivity contribution is 5.92. The first-order valence-electron chi connectivity index (χ1n) is 6.67. The molecule has 1 amide bonds. The molecule has 2 heteroatoms. The van der Waals surface area contributed by atoms with Crippen LogP contribution < -0.4 is 5.32 Å². The van der Waals surface area contributed by atoms with Crippen LogP contribution in [0.2, 0.25) is 0 Å². The molecule has 0 fully saturated rings. The van der Waals surface area contributed by atoms with Gasteiger partial charge in [0, 0.05) is 11.6 Å². The number of carbonyl (C=O) groups is 1. The van der Waals surface area contributed by atoms with Crippen LogP contribution in [-0.2, 0) is 17.6 Å². The number of hydrogen-bond acceptors (Lipinski definition) is 1. The van der Waals surface area contributed by atoms with Crippen molar-refractivity contribution in [2.75, 3.05) is 5.32 Å². The first-order valence-corrected chi connectivity index (χ1v) is 6.67. The maximum Gasteiger partial charge on any atom is 0.227 e. The second kappa shape index (κ2) is 5.35. The van der Waals surface area contributed by atoms with Gasteiger partial charge in [-0.3, -0.25) is 4.79 Å². The van der Waals surface area contributed by atoms with Crippen LogP contribution in [0.15, 0.2) is 18.2 Å². The highest BCUT2D eigenvalue weighted by atomic mass is 16.1. The standard InChI is InChI=1S/C15H21NO/c1-3-11(4-2)15(17)16-14-9-8-12-6-5-7-13(12)10-14/h8-11H,3-7H2,1-2H3,(H,16,17). The summed E-state index contributed by atoms with van der Waals surface area (Å²) in [5.41, 5.74) is 3.82. The Morgan fingerprint density at radius 2 is 1.94 bits per heavy atom. The normalized spacial score (nSPS) is 13.8. The van der Waals surface area contributed by atoms with Crippen molar-refractivity contribution in [3.63, 3.8) is 0 Å². The van der Waals surface area contributed by atoms with Gasteiger partial charge in [-0.25, -0.2) is 0 Å². The second-order valence-electron chi connectivity index (χ2n) is 4.84. The molecular weight excluding hydrogens is 210 g/mol. The van der Waals surface area contributed by atoms with Gasteiger partial charge in [-0.1, -0.05) is 19.9 Å². The van der Waals surface area contributed by atoms with Gasteiger partial charge in [-0.05, 0) is 55.4 Å². The average molecular weight is 231 g/mol. The maximum absolute atomic E-state index is 12.0. The van der Waals surface area contributed by atoms with Crippen molar-refractivity contribution in [2.45, 2.75) is 46.0 Å². The molecule has 0 unspecified atom stereocenters. The largest absolute Gasteiger partial charge is 0.326 e. The molecule has 0 bridgehead atoms. The third kappa shape index (κ3) is 2.68. The molecule has 0 spiro atoms. The lowest BCUT2D eigenvalue weighted by atomic mass is 10.0. The lowest BCUT2D eigenvalue weighted by molar-refractivity contribution is -0.120. The molecule has 92 valence electrons. The molecule has 1 aliphatic carbocycles. The summed E-state index contributed by atoms with van der Waals surface area (Å²) in [7, 11) is 0. The minimum absolute atomic E-state index is 0.142. The summed E-state index contributed by atoms with van der Waals surface area (Å²) in [6.07, 6.45) is 5.42. The van der Waals surface area contributed by atoms with Gasteiger partial charge in [-0.2, -0.15) is 0 Å². The van der Waals surface area contributed by atoms with Gasteiger partial charge < -0.3 is 5.32 Å². The Morgan fingerprint density at radius 3 is 2.65 bits per heavy atom. The monoisotopic (exact) mass is 231 g/mol. The molecule has 0 heterocycles. The van der Waals surface area contributed by atoms with Crippen LogP contribution in [-0.4, -0.2) is 5.91 Å². The van der Waals surface area contributed by atoms with Gasteiger partial charge in [0.1, 0.15) is 0 Å². The summed E-state index contributed by atoms with van der Waals surface area (Å²) in [5.74, 6) is 0.302. The van der Waals surface area contributed by atoms with Gasteiger partial charge in [0.2, 0.25) is 5.91 Å². The molecule has 0 aliphatic heterocycles. The van der Waals surface area contributed by atoms with Crippen molar-refractivity contribution in [2.24, 2.45) is 5.92 Å². The summed E-state index contributed by atoms with van der Waals surface area (Å²) in [4.78, 5) is 12.0. The molecule has 1 N–H and O–H groups in total. The van der Waals surface area contributed by atoms with Crippen molar-refractivity contribution in [1.82, 2.24) is 0 Å². The fourth-order valence-electron chi connectivity index (χ4n) is 2.55. The summed E-state index contributed by atoms with van der Waals surface area (Å²) in [5, 5.41) is 3.03. The number of benzene rings is 1. The van der Waals surface area contributed by atoms with E-state index in [1.54, 1.807) is 0 Å². The topological polar surface area (TPSA) is 29.1 Å². The van der Waals surface area contributed by atoms with E-state index < -0.39 is 0 Å². The van der Waals surface area contributed by atoms with Crippen molar-refractivity contribution in [3.8, 4) is 0 Å². The van der Waals surface area contributed by atoms with Crippen LogP contribution >= 0.6 is 0 Å². The van der Waals surface area contributed by atoms with Crippen LogP contribution in [0.4, 0.5) is 5.69 Å². The van der Waals surface area contributed by atoms with Crippen LogP contribution in [0.5, 0.6) is 0 Å². The van der Waals surface area contributed by atoms with Gasteiger partial charge in [0.05, 0.1) is 0 Å². The van der Waals surface area contributed by atoms with E-state index in [1.165, 1.54) is 24.0 Å². The number of anilines is 1. The van der Waals surface area contributed by atoms with Crippen LogP contribution in [0.3, 0.4) is 0 Å². The van der Waals surface area contributed by atoms with Crippen LogP contribution in [0, 0.1) is 5.92 Å². The minimum atomic E-state index is 0.142. The Balaban J connectivity index is 2.06. The molecular formula is C15H21NO. The predicted molar refractivity (Wildman–Crippen MR) is 71.2 cm³/mol. The molecule has 1 aromatic carbocycles. The first kappa shape index (κ1) is 12.2. The zero-order chi connectivity index (χ0) is 12.3. The Kier molecular flexibility index (Phi) is 3.82. The number of aryl methyl sites for hydroxylation is 2. The Hall–Kier alpha value is -1.31. The first-order chi connectivity index (χ1) is 8.24. The molecule has 0 radical (unpaired) electrons. The van der Waals surface area contributed by atoms with E-state index in [2.05, 4.69) is 31.3 Å². The molecule has 0 saturated carbocycles. The molecule has 1 aromatic rings. The Labute approximate surface area is 103 Å². The summed E-state index contributed by atoms with van der Waals surface area (Å²) < 4.78 is 0. The molecule has 1 aliphatic rings. The van der Waals surface area contributed by atoms with Crippen molar-refractivity contribution >= 4 is 11.6 Å². The highest BCUT2D eigenvalue weighted by Crippen LogP contribution is 2.25. The van der Waals surface area contributed by atoms with E-state index in [1.807, 2.05) is 6.07 Å². The van der Waals surface area contributed by atoms with E-state index in [0.29, 0.717) is 0 Å². The smallest absolute Gasteiger partial charge is 0.227 e. The van der Waals surface area contributed by atoms with Crippen LogP contribution in [0.1, 0.15) is 44.2 Å². The van der Waals surface area contributed by atoms with Crippen molar-refractivity contribution in [1.29, 1.82) is 0 Å². The SMILES string of the molecule is CCC(CC)C(=O)Nc1ccc2c(c1)CCC2. The molecule has 0 saturated heterocycles. The van der Waals surface area contributed by atoms with Gasteiger partial charge in [0.25, 0.3) is 0 Å². The van der Waals surface area contributed by atoms with Crippen molar-refractivity contribution < 1.29 is 4.79 Å². The third-order valence-electron chi connectivity index (χ3n) is 3.72. The molecule has 0 atom stereocenters. The maximum atomic E-state index is 12.0. The lowest BCUT2D eigenvalue weighted by Gasteiger charge is -2.13. The van der Waals surface area contributed by atoms with Crippen molar-refractivity contribution in [3.05, 3.63) is 29.3 Å². The zero-order valence-electron chi connectivity index (χ0n) is 10.8. The fourth-order valence-corrected chi connectivity index (χ4v) is 2.55. The number of carbonyl (C=O) groups excluding carboxylic acids is 1. The number of fused-ring (bicyclic) bond motifs is 1. The van der Waals surface area contributed by atoms with E-state index >= 15 is 0 Å². The molecule has 17 heavy (non-hydrogen) atoms. The summed E-state index contributed by atoms with van der Waals surface area (Å²) >= 11 is 0. The van der Waals surface area contributed by atoms with Gasteiger partial charge in [-0.15, -0.1) is 0 Å². The summed E-state index contributed by atoms with van der Waals surface area (Å²) in [6, 6.07) is 6.33. The summed E-state index contributed by atoms with van der Waals surface area (Å²) in [6.45, 7) is 4.13. The average Bonchev–Trinajstić information content (AvgIpc) is 2.77. The van der Waals surface area contributed by atoms with Gasteiger partial charge >= 0.3 is 0 Å². The highest BCUT2D eigenvalue weighted by Gasteiger charge is 2.15. The second-order valence-corrected chi connectivity index (χ2v) is 4.84. The minimum Gasteiger partial charge on any atom is -0.326 e. The number of nitrogens with one attached hydrogen (secondary N) is 1. The molecule has 0 aromatic heterocycles. The Morgan fingerprint density at radius 1 is 1.24 bits per heavy atom. The van der Waals surface area contributed by atoms with Crippen LogP contribution in [0.25, 0.3) is 0 Å². The molecule has 2 rings (SSSR count). The van der Waals surface area contributed by atoms with Gasteiger partial charge in [0.15, 0.2) is 0 Å². The third-order valence-corrected chi connectivity index (χ3v) is 3.72. The fraction of sp³-hybridized carbons (Fsp3) is 0.533. The van der Waals surface area contributed by atoms with E-state index in [9.17, 15) is 4.79 Å². The molecule has 2 nitrogen and oxygen atoms in total. The number of hydrogen-bond donors (Lipinski definition) is 1. The van der Waals surface area contributed by atoms with E-state index in [4.69, 9.17) is 0 Å².